The lowest BCUT2D eigenvalue weighted by Gasteiger charge is -2.18. The van der Waals surface area contributed by atoms with Crippen LogP contribution in [0, 0.1) is 5.92 Å². The maximum atomic E-state index is 5.69. The van der Waals surface area contributed by atoms with Crippen LogP contribution in [0.15, 0.2) is 12.4 Å². The number of anilines is 1. The van der Waals surface area contributed by atoms with Gasteiger partial charge in [-0.2, -0.15) is 0 Å². The van der Waals surface area contributed by atoms with Gasteiger partial charge in [-0.25, -0.2) is 4.98 Å². The van der Waals surface area contributed by atoms with Gasteiger partial charge in [-0.15, -0.1) is 0 Å². The van der Waals surface area contributed by atoms with E-state index in [4.69, 9.17) is 5.73 Å². The Morgan fingerprint density at radius 3 is 3.13 bits per heavy atom. The van der Waals surface area contributed by atoms with E-state index >= 15 is 0 Å². The number of nitrogens with two attached hydrogens (primary N) is 1. The monoisotopic (exact) mass is 208 g/mol. The lowest BCUT2D eigenvalue weighted by atomic mass is 10.1. The summed E-state index contributed by atoms with van der Waals surface area (Å²) < 4.78 is 2.24. The number of rotatable bonds is 4. The summed E-state index contributed by atoms with van der Waals surface area (Å²) >= 11 is 0. The van der Waals surface area contributed by atoms with E-state index in [2.05, 4.69) is 27.6 Å². The molecule has 1 aliphatic heterocycles. The Bertz CT molecular complexity index is 307. The first-order chi connectivity index (χ1) is 7.35. The summed E-state index contributed by atoms with van der Waals surface area (Å²) in [6.45, 7) is 6.21. The predicted molar refractivity (Wildman–Crippen MR) is 61.9 cm³/mol. The van der Waals surface area contributed by atoms with Crippen molar-refractivity contribution in [1.29, 1.82) is 0 Å². The molecule has 2 rings (SSSR count). The fourth-order valence-corrected chi connectivity index (χ4v) is 2.21. The first kappa shape index (κ1) is 10.5. The number of nitrogens with zero attached hydrogens (tertiary/aromatic N) is 3. The Balaban J connectivity index is 2.06. The zero-order valence-electron chi connectivity index (χ0n) is 9.39. The minimum absolute atomic E-state index is 0.650. The number of aromatic nitrogens is 2. The van der Waals surface area contributed by atoms with Gasteiger partial charge in [-0.05, 0) is 25.3 Å². The molecular formula is C11H20N4. The van der Waals surface area contributed by atoms with Crippen LogP contribution < -0.4 is 10.6 Å². The molecular weight excluding hydrogens is 188 g/mol. The molecule has 0 bridgehead atoms. The molecule has 0 amide bonds. The first-order valence-corrected chi connectivity index (χ1v) is 5.81. The molecule has 84 valence electrons. The van der Waals surface area contributed by atoms with Crippen molar-refractivity contribution in [2.45, 2.75) is 26.3 Å². The molecule has 2 heterocycles. The van der Waals surface area contributed by atoms with Gasteiger partial charge in [0.25, 0.3) is 0 Å². The third-order valence-electron chi connectivity index (χ3n) is 3.06. The zero-order chi connectivity index (χ0) is 10.7. The van der Waals surface area contributed by atoms with Gasteiger partial charge in [0, 0.05) is 32.0 Å². The second kappa shape index (κ2) is 4.66. The first-order valence-electron chi connectivity index (χ1n) is 5.81. The van der Waals surface area contributed by atoms with Gasteiger partial charge >= 0.3 is 0 Å². The summed E-state index contributed by atoms with van der Waals surface area (Å²) in [5.41, 5.74) is 5.69. The van der Waals surface area contributed by atoms with Gasteiger partial charge in [0.1, 0.15) is 0 Å². The van der Waals surface area contributed by atoms with Crippen LogP contribution in [0.2, 0.25) is 0 Å². The van der Waals surface area contributed by atoms with E-state index in [1.54, 1.807) is 0 Å². The summed E-state index contributed by atoms with van der Waals surface area (Å²) in [6, 6.07) is 0. The topological polar surface area (TPSA) is 47.1 Å². The number of hydrogen-bond acceptors (Lipinski definition) is 3. The quantitative estimate of drug-likeness (QED) is 0.805. The van der Waals surface area contributed by atoms with Gasteiger partial charge in [-0.3, -0.25) is 0 Å². The number of hydrogen-bond donors (Lipinski definition) is 1. The lowest BCUT2D eigenvalue weighted by molar-refractivity contribution is 0.598. The van der Waals surface area contributed by atoms with Gasteiger partial charge in [-0.1, -0.05) is 6.92 Å². The molecule has 4 nitrogen and oxygen atoms in total. The fourth-order valence-electron chi connectivity index (χ4n) is 2.21. The van der Waals surface area contributed by atoms with Crippen molar-refractivity contribution in [2.75, 3.05) is 24.5 Å². The van der Waals surface area contributed by atoms with Gasteiger partial charge in [0.2, 0.25) is 5.95 Å². The minimum atomic E-state index is 0.650. The van der Waals surface area contributed by atoms with E-state index in [1.165, 1.54) is 6.42 Å². The summed E-state index contributed by atoms with van der Waals surface area (Å²) in [4.78, 5) is 6.79. The lowest BCUT2D eigenvalue weighted by Crippen LogP contribution is -2.25. The fraction of sp³-hybridized carbons (Fsp3) is 0.727. The molecule has 0 radical (unpaired) electrons. The van der Waals surface area contributed by atoms with Crippen LogP contribution in [0.4, 0.5) is 5.95 Å². The maximum Gasteiger partial charge on any atom is 0.205 e. The molecule has 1 atom stereocenters. The molecule has 1 aliphatic rings. The normalized spacial score (nSPS) is 21.2. The van der Waals surface area contributed by atoms with Crippen LogP contribution in [0.5, 0.6) is 0 Å². The van der Waals surface area contributed by atoms with Crippen molar-refractivity contribution in [3.05, 3.63) is 12.4 Å². The summed E-state index contributed by atoms with van der Waals surface area (Å²) in [7, 11) is 0. The highest BCUT2D eigenvalue weighted by Crippen LogP contribution is 2.21. The largest absolute Gasteiger partial charge is 0.342 e. The molecule has 1 aromatic rings. The Morgan fingerprint density at radius 2 is 2.47 bits per heavy atom. The third kappa shape index (κ3) is 2.15. The van der Waals surface area contributed by atoms with Crippen LogP contribution in [0.1, 0.15) is 19.8 Å². The summed E-state index contributed by atoms with van der Waals surface area (Å²) in [5, 5.41) is 0. The van der Waals surface area contributed by atoms with Gasteiger partial charge in [0.05, 0.1) is 0 Å². The maximum absolute atomic E-state index is 5.69. The highest BCUT2D eigenvalue weighted by atomic mass is 15.3. The third-order valence-corrected chi connectivity index (χ3v) is 3.06. The molecule has 1 saturated heterocycles. The Kier molecular flexibility index (Phi) is 3.26. The van der Waals surface area contributed by atoms with Crippen LogP contribution in [0.3, 0.4) is 0 Å². The Labute approximate surface area is 91.1 Å². The molecule has 0 aromatic carbocycles. The molecule has 1 fully saturated rings. The van der Waals surface area contributed by atoms with Crippen LogP contribution in [0.25, 0.3) is 0 Å². The zero-order valence-corrected chi connectivity index (χ0v) is 9.39. The standard InChI is InChI=1S/C11H20N4/c1-2-5-14-7-4-13-11(14)15-6-3-10(8-12)9-15/h4,7,10H,2-3,5-6,8-9,12H2,1H3. The molecule has 1 aromatic heterocycles. The summed E-state index contributed by atoms with van der Waals surface area (Å²) in [5.74, 6) is 1.77. The SMILES string of the molecule is CCCn1ccnc1N1CCC(CN)C1. The number of imidazole rings is 1. The Morgan fingerprint density at radius 1 is 1.60 bits per heavy atom. The van der Waals surface area contributed by atoms with E-state index in [-0.39, 0.29) is 0 Å². The van der Waals surface area contributed by atoms with E-state index in [0.717, 1.165) is 38.5 Å². The predicted octanol–water partition coefficient (Wildman–Crippen LogP) is 1.08. The molecule has 0 aliphatic carbocycles. The van der Waals surface area contributed by atoms with E-state index in [1.807, 2.05) is 6.20 Å². The van der Waals surface area contributed by atoms with Gasteiger partial charge < -0.3 is 15.2 Å². The highest BCUT2D eigenvalue weighted by molar-refractivity contribution is 5.33. The van der Waals surface area contributed by atoms with Crippen LogP contribution >= 0.6 is 0 Å². The molecule has 2 N–H and O–H groups in total. The van der Waals surface area contributed by atoms with Crippen molar-refractivity contribution in [2.24, 2.45) is 11.7 Å². The summed E-state index contributed by atoms with van der Waals surface area (Å²) in [6.07, 6.45) is 6.31. The molecule has 0 spiro atoms. The van der Waals surface area contributed by atoms with Crippen LogP contribution in [-0.2, 0) is 6.54 Å². The average Bonchev–Trinajstić information content (AvgIpc) is 2.85. The molecule has 1 unspecified atom stereocenters. The number of aryl methyl sites for hydroxylation is 1. The Hall–Kier alpha value is -1.03. The van der Waals surface area contributed by atoms with Gasteiger partial charge in [0.15, 0.2) is 0 Å². The van der Waals surface area contributed by atoms with E-state index < -0.39 is 0 Å². The van der Waals surface area contributed by atoms with Crippen molar-refractivity contribution < 1.29 is 0 Å². The smallest absolute Gasteiger partial charge is 0.205 e. The second-order valence-corrected chi connectivity index (χ2v) is 4.26. The van der Waals surface area contributed by atoms with Crippen molar-refractivity contribution in [3.8, 4) is 0 Å². The second-order valence-electron chi connectivity index (χ2n) is 4.26. The minimum Gasteiger partial charge on any atom is -0.342 e. The van der Waals surface area contributed by atoms with E-state index in [0.29, 0.717) is 5.92 Å². The molecule has 15 heavy (non-hydrogen) atoms. The highest BCUT2D eigenvalue weighted by Gasteiger charge is 2.23. The van der Waals surface area contributed by atoms with Crippen molar-refractivity contribution in [3.63, 3.8) is 0 Å². The average molecular weight is 208 g/mol. The molecule has 0 saturated carbocycles. The van der Waals surface area contributed by atoms with Crippen LogP contribution in [-0.4, -0.2) is 29.2 Å². The van der Waals surface area contributed by atoms with E-state index in [9.17, 15) is 0 Å². The molecule has 4 heteroatoms. The van der Waals surface area contributed by atoms with Crippen molar-refractivity contribution >= 4 is 5.95 Å². The van der Waals surface area contributed by atoms with Crippen molar-refractivity contribution in [1.82, 2.24) is 9.55 Å².